The molecule has 0 unspecified atom stereocenters. The smallest absolute Gasteiger partial charge is 0.343 e. The zero-order valence-electron chi connectivity index (χ0n) is 80.7. The summed E-state index contributed by atoms with van der Waals surface area (Å²) < 4.78 is 83.3. The Morgan fingerprint density at radius 2 is 0.419 bits per heavy atom. The molecular formula is C115H146O21. The molecule has 0 radical (unpaired) electrons. The molecule has 136 heavy (non-hydrogen) atoms. The molecule has 9 aromatic rings. The third kappa shape index (κ3) is 50.6. The number of benzene rings is 9. The minimum atomic E-state index is -0.458. The molecule has 0 spiro atoms. The van der Waals surface area contributed by atoms with Crippen LogP contribution >= 0.6 is 0 Å². The van der Waals surface area contributed by atoms with Gasteiger partial charge in [-0.15, -0.1) is 0 Å². The Balaban J connectivity index is 0.000000279. The SMILES string of the molecule is C=CC(=O)OCCCCCCCCCCCOc1ccc(OCc2ccc(OC(=O)c3ccc(OCCCCCC)cc3)cc2)cc1.C=CC(=O)OCCCCCCOc1ccc(OCc2ccc(OC(=O)c3ccc(OCCCCCC)cc3)cc2)cc1.C=CC(=O)OCOCCCCCCCCCCc1ccc(C(=O)Oc2ccc(COc3ccc(OCCCCCC)cc3)cc2)cc1. The summed E-state index contributed by atoms with van der Waals surface area (Å²) >= 11 is 0. The fraction of sp³-hybridized carbons (Fsp3) is 0.426. The number of rotatable bonds is 70. The molecule has 21 heteroatoms. The Morgan fingerprint density at radius 1 is 0.213 bits per heavy atom. The number of unbranched alkanes of at least 4 members (excludes halogenated alkanes) is 27. The van der Waals surface area contributed by atoms with Gasteiger partial charge >= 0.3 is 35.8 Å². The van der Waals surface area contributed by atoms with E-state index in [9.17, 15) is 28.8 Å². The van der Waals surface area contributed by atoms with Crippen LogP contribution in [-0.4, -0.2) is 95.5 Å². The molecule has 0 aromatic heterocycles. The summed E-state index contributed by atoms with van der Waals surface area (Å²) in [5, 5.41) is 0. The van der Waals surface area contributed by atoms with E-state index >= 15 is 0 Å². The van der Waals surface area contributed by atoms with Crippen LogP contribution in [0.3, 0.4) is 0 Å². The summed E-state index contributed by atoms with van der Waals surface area (Å²) in [6.07, 6.45) is 41.9. The van der Waals surface area contributed by atoms with Crippen molar-refractivity contribution in [3.05, 3.63) is 295 Å². The third-order valence-corrected chi connectivity index (χ3v) is 21.9. The topological polar surface area (TPSA) is 241 Å². The van der Waals surface area contributed by atoms with Gasteiger partial charge in [0.1, 0.15) is 83.1 Å². The minimum Gasteiger partial charge on any atom is -0.494 e. The second-order valence-electron chi connectivity index (χ2n) is 33.2. The quantitative estimate of drug-likeness (QED) is 0.00859. The molecule has 0 aliphatic carbocycles. The van der Waals surface area contributed by atoms with Gasteiger partial charge in [-0.25, -0.2) is 28.8 Å². The van der Waals surface area contributed by atoms with E-state index in [1.54, 1.807) is 84.9 Å². The average molecular weight is 1860 g/mol. The van der Waals surface area contributed by atoms with Crippen LogP contribution in [-0.2, 0) is 59.6 Å². The van der Waals surface area contributed by atoms with Gasteiger partial charge in [-0.3, -0.25) is 0 Å². The Morgan fingerprint density at radius 3 is 0.691 bits per heavy atom. The molecule has 9 aromatic carbocycles. The van der Waals surface area contributed by atoms with Crippen molar-refractivity contribution in [3.63, 3.8) is 0 Å². The monoisotopic (exact) mass is 1860 g/mol. The van der Waals surface area contributed by atoms with Crippen LogP contribution in [0.25, 0.3) is 0 Å². The summed E-state index contributed by atoms with van der Waals surface area (Å²) in [7, 11) is 0. The first-order valence-corrected chi connectivity index (χ1v) is 49.2. The molecule has 732 valence electrons. The van der Waals surface area contributed by atoms with Gasteiger partial charge in [0.25, 0.3) is 0 Å². The zero-order valence-corrected chi connectivity index (χ0v) is 80.7. The van der Waals surface area contributed by atoms with E-state index in [-0.39, 0.29) is 24.7 Å². The predicted octanol–water partition coefficient (Wildman–Crippen LogP) is 28.0. The molecule has 0 saturated carbocycles. The van der Waals surface area contributed by atoms with E-state index in [1.165, 1.54) is 140 Å². The molecule has 0 bridgehead atoms. The van der Waals surface area contributed by atoms with Crippen molar-refractivity contribution in [2.24, 2.45) is 0 Å². The van der Waals surface area contributed by atoms with Gasteiger partial charge in [-0.1, -0.05) is 230 Å². The van der Waals surface area contributed by atoms with Crippen LogP contribution in [0.2, 0.25) is 0 Å². The highest BCUT2D eigenvalue weighted by molar-refractivity contribution is 5.92. The maximum Gasteiger partial charge on any atom is 0.343 e. The van der Waals surface area contributed by atoms with Gasteiger partial charge in [-0.05, 0) is 269 Å². The van der Waals surface area contributed by atoms with Gasteiger partial charge in [0.05, 0.1) is 69.5 Å². The first-order chi connectivity index (χ1) is 66.7. The van der Waals surface area contributed by atoms with Crippen molar-refractivity contribution in [1.29, 1.82) is 0 Å². The maximum atomic E-state index is 12.7. The van der Waals surface area contributed by atoms with Gasteiger partial charge in [-0.2, -0.15) is 0 Å². The second kappa shape index (κ2) is 71.0. The molecule has 0 fully saturated rings. The Kier molecular flexibility index (Phi) is 57.6. The number of carbonyl (C=O) groups excluding carboxylic acids is 6. The molecular weight excluding hydrogens is 1720 g/mol. The average Bonchev–Trinajstić information content (AvgIpc) is 0.869. The van der Waals surface area contributed by atoms with Crippen molar-refractivity contribution in [2.45, 2.75) is 259 Å². The lowest BCUT2D eigenvalue weighted by Gasteiger charge is -2.10. The highest BCUT2D eigenvalue weighted by Gasteiger charge is 2.15. The Bertz CT molecular complexity index is 4730. The maximum absolute atomic E-state index is 12.7. The van der Waals surface area contributed by atoms with Crippen molar-refractivity contribution in [3.8, 4) is 63.2 Å². The lowest BCUT2D eigenvalue weighted by atomic mass is 10.0. The zero-order chi connectivity index (χ0) is 96.6. The molecule has 0 N–H and O–H groups in total. The van der Waals surface area contributed by atoms with E-state index in [0.717, 1.165) is 172 Å². The molecule has 0 heterocycles. The first-order valence-electron chi connectivity index (χ1n) is 49.2. The third-order valence-electron chi connectivity index (χ3n) is 21.9. The lowest BCUT2D eigenvalue weighted by Crippen LogP contribution is -2.08. The summed E-state index contributed by atoms with van der Waals surface area (Å²) in [6, 6.07) is 66.8. The molecule has 0 saturated heterocycles. The Labute approximate surface area is 808 Å². The van der Waals surface area contributed by atoms with E-state index in [1.807, 2.05) is 133 Å². The van der Waals surface area contributed by atoms with Crippen LogP contribution in [0.15, 0.2) is 256 Å². The highest BCUT2D eigenvalue weighted by Crippen LogP contribution is 2.28. The van der Waals surface area contributed by atoms with Crippen LogP contribution < -0.4 is 52.1 Å². The van der Waals surface area contributed by atoms with Gasteiger partial charge < -0.3 is 71.1 Å². The number of ether oxygens (including phenoxy) is 15. The standard InChI is InChI=1S/2C40H52O7.C35H42O7/c1-3-5-6-15-30-44-36-25-27-37(28-26-36)45-31-34-19-23-38(24-20-34)47-40(42)35-21-17-33(18-22-35)16-13-11-9-7-8-10-12-14-29-43-32-46-39(41)4-2;1-3-5-6-14-29-43-35-23-19-34(20-24-35)40(42)47-38-21-17-33(18-22-38)32-46-37-27-25-36(26-28-37)44-30-15-12-10-8-7-9-11-13-16-31-45-39(41)4-2;1-3-5-6-9-24-38-30-18-14-29(15-19-30)35(37)42-33-16-12-28(13-17-33)27-41-32-22-20-31(21-23-32)39-25-10-7-8-11-26-40-34(36)4-2/h2*4,17-28H,2-3,5-16,29-32H2,1H3;4,12-23H,2-3,5-11,24-27H2,1H3. The van der Waals surface area contributed by atoms with Crippen LogP contribution in [0, 0.1) is 0 Å². The van der Waals surface area contributed by atoms with Crippen LogP contribution in [0.4, 0.5) is 0 Å². The number of hydrogen-bond donors (Lipinski definition) is 0. The minimum absolute atomic E-state index is 0.00359. The fourth-order valence-corrected chi connectivity index (χ4v) is 13.8. The number of aryl methyl sites for hydroxylation is 1. The number of esters is 6. The van der Waals surface area contributed by atoms with E-state index in [4.69, 9.17) is 71.1 Å². The molecule has 0 amide bonds. The lowest BCUT2D eigenvalue weighted by molar-refractivity contribution is -0.150. The molecule has 0 aliphatic heterocycles. The largest absolute Gasteiger partial charge is 0.494 e. The summed E-state index contributed by atoms with van der Waals surface area (Å²) in [5.41, 5.74) is 5.62. The van der Waals surface area contributed by atoms with Gasteiger partial charge in [0.2, 0.25) is 0 Å². The van der Waals surface area contributed by atoms with Crippen molar-refractivity contribution < 1.29 is 99.8 Å². The second-order valence-corrected chi connectivity index (χ2v) is 33.2. The summed E-state index contributed by atoms with van der Waals surface area (Å²) in [4.78, 5) is 70.7. The van der Waals surface area contributed by atoms with Crippen LogP contribution in [0.5, 0.6) is 63.2 Å². The van der Waals surface area contributed by atoms with E-state index < -0.39 is 17.9 Å². The van der Waals surface area contributed by atoms with Crippen molar-refractivity contribution >= 4 is 35.8 Å². The van der Waals surface area contributed by atoms with Crippen LogP contribution in [0.1, 0.15) is 286 Å². The summed E-state index contributed by atoms with van der Waals surface area (Å²) in [6.45, 7) is 22.9. The highest BCUT2D eigenvalue weighted by atomic mass is 16.7. The molecule has 0 aliphatic rings. The molecule has 0 atom stereocenters. The fourth-order valence-electron chi connectivity index (χ4n) is 13.8. The van der Waals surface area contributed by atoms with E-state index in [0.29, 0.717) is 100 Å². The number of carbonyl (C=O) groups is 6. The predicted molar refractivity (Wildman–Crippen MR) is 536 cm³/mol. The van der Waals surface area contributed by atoms with Crippen molar-refractivity contribution in [1.82, 2.24) is 0 Å². The number of hydrogen-bond acceptors (Lipinski definition) is 21. The molecule has 21 nitrogen and oxygen atoms in total. The van der Waals surface area contributed by atoms with Gasteiger partial charge in [0, 0.05) is 18.2 Å². The van der Waals surface area contributed by atoms with Gasteiger partial charge in [0.15, 0.2) is 6.79 Å². The summed E-state index contributed by atoms with van der Waals surface area (Å²) in [5.74, 6) is 5.37. The molecule has 9 rings (SSSR count). The Hall–Kier alpha value is -12.6. The first kappa shape index (κ1) is 110. The normalized spacial score (nSPS) is 10.6. The van der Waals surface area contributed by atoms with E-state index in [2.05, 4.69) is 40.5 Å². The van der Waals surface area contributed by atoms with Crippen molar-refractivity contribution in [2.75, 3.05) is 59.6 Å².